The number of nitrogens with two attached hydrogens (primary N) is 1. The molecule has 1 aliphatic carbocycles. The molecular formula is C15H22F2N4. The minimum Gasteiger partial charge on any atom is -0.370 e. The van der Waals surface area contributed by atoms with Gasteiger partial charge in [0.2, 0.25) is 0 Å². The second kappa shape index (κ2) is 7.36. The molecule has 1 saturated carbocycles. The van der Waals surface area contributed by atoms with Gasteiger partial charge in [-0.25, -0.2) is 8.78 Å². The smallest absolute Gasteiger partial charge is 0.193 e. The van der Waals surface area contributed by atoms with Crippen LogP contribution in [0.4, 0.5) is 14.5 Å². The normalized spacial score (nSPS) is 16.7. The molecule has 116 valence electrons. The molecule has 6 heteroatoms. The fourth-order valence-corrected chi connectivity index (χ4v) is 2.63. The molecule has 0 saturated heterocycles. The zero-order chi connectivity index (χ0) is 15.2. The fraction of sp³-hybridized carbons (Fsp3) is 0.533. The van der Waals surface area contributed by atoms with E-state index in [0.29, 0.717) is 12.6 Å². The van der Waals surface area contributed by atoms with Gasteiger partial charge in [0.05, 0.1) is 12.2 Å². The Hall–Kier alpha value is -1.69. The standard InChI is InChI=1S/C15H22F2N4/c1-21(12-4-2-3-5-12)9-8-19-15(18)20-14-10-11(16)6-7-13(14)17/h6-7,10,12H,2-5,8-9H2,1H3,(H3,18,19,20). The number of guanidine groups is 1. The molecule has 2 rings (SSSR count). The van der Waals surface area contributed by atoms with E-state index in [1.165, 1.54) is 25.7 Å². The third kappa shape index (κ3) is 4.67. The SMILES string of the molecule is CN(CCN=C(N)Nc1cc(F)ccc1F)C1CCCC1. The van der Waals surface area contributed by atoms with Gasteiger partial charge in [-0.3, -0.25) is 4.99 Å². The number of hydrogen-bond donors (Lipinski definition) is 2. The first-order valence-corrected chi connectivity index (χ1v) is 7.28. The number of benzene rings is 1. The predicted molar refractivity (Wildman–Crippen MR) is 81.4 cm³/mol. The maximum absolute atomic E-state index is 13.4. The van der Waals surface area contributed by atoms with Gasteiger partial charge in [0.25, 0.3) is 0 Å². The molecule has 3 N–H and O–H groups in total. The molecular weight excluding hydrogens is 274 g/mol. The number of aliphatic imine (C=N–C) groups is 1. The van der Waals surface area contributed by atoms with Gasteiger partial charge in [-0.1, -0.05) is 12.8 Å². The van der Waals surface area contributed by atoms with Crippen LogP contribution >= 0.6 is 0 Å². The van der Waals surface area contributed by atoms with Gasteiger partial charge < -0.3 is 16.0 Å². The van der Waals surface area contributed by atoms with Gasteiger partial charge in [0.1, 0.15) is 11.6 Å². The van der Waals surface area contributed by atoms with Crippen LogP contribution in [0.5, 0.6) is 0 Å². The first-order valence-electron chi connectivity index (χ1n) is 7.28. The number of anilines is 1. The Bertz CT molecular complexity index is 498. The van der Waals surface area contributed by atoms with Crippen LogP contribution in [0.1, 0.15) is 25.7 Å². The van der Waals surface area contributed by atoms with E-state index in [4.69, 9.17) is 5.73 Å². The van der Waals surface area contributed by atoms with Gasteiger partial charge in [-0.15, -0.1) is 0 Å². The van der Waals surface area contributed by atoms with Crippen molar-refractivity contribution in [2.24, 2.45) is 10.7 Å². The highest BCUT2D eigenvalue weighted by molar-refractivity contribution is 5.92. The van der Waals surface area contributed by atoms with E-state index in [1.807, 2.05) is 0 Å². The number of likely N-dealkylation sites (N-methyl/N-ethyl adjacent to an activating group) is 1. The van der Waals surface area contributed by atoms with Crippen molar-refractivity contribution in [3.8, 4) is 0 Å². The quantitative estimate of drug-likeness (QED) is 0.648. The number of halogens is 2. The second-order valence-corrected chi connectivity index (χ2v) is 5.44. The molecule has 0 amide bonds. The lowest BCUT2D eigenvalue weighted by atomic mass is 10.2. The number of rotatable bonds is 5. The van der Waals surface area contributed by atoms with Crippen molar-refractivity contribution in [3.63, 3.8) is 0 Å². The van der Waals surface area contributed by atoms with Crippen molar-refractivity contribution in [3.05, 3.63) is 29.8 Å². The first-order chi connectivity index (χ1) is 10.1. The molecule has 0 heterocycles. The van der Waals surface area contributed by atoms with Crippen LogP contribution in [-0.2, 0) is 0 Å². The van der Waals surface area contributed by atoms with Crippen molar-refractivity contribution in [1.29, 1.82) is 0 Å². The fourth-order valence-electron chi connectivity index (χ4n) is 2.63. The van der Waals surface area contributed by atoms with Crippen molar-refractivity contribution in [2.45, 2.75) is 31.7 Å². The van der Waals surface area contributed by atoms with Crippen LogP contribution in [0.25, 0.3) is 0 Å². The lowest BCUT2D eigenvalue weighted by Crippen LogP contribution is -2.32. The van der Waals surface area contributed by atoms with Gasteiger partial charge in [-0.2, -0.15) is 0 Å². The van der Waals surface area contributed by atoms with E-state index >= 15 is 0 Å². The Morgan fingerprint density at radius 2 is 2.10 bits per heavy atom. The molecule has 1 aromatic carbocycles. The van der Waals surface area contributed by atoms with Gasteiger partial charge in [-0.05, 0) is 32.0 Å². The molecule has 0 atom stereocenters. The minimum atomic E-state index is -0.558. The lowest BCUT2D eigenvalue weighted by Gasteiger charge is -2.22. The molecule has 4 nitrogen and oxygen atoms in total. The second-order valence-electron chi connectivity index (χ2n) is 5.44. The summed E-state index contributed by atoms with van der Waals surface area (Å²) in [6.07, 6.45) is 5.06. The molecule has 0 bridgehead atoms. The average molecular weight is 296 g/mol. The molecule has 1 aromatic rings. The molecule has 0 aliphatic heterocycles. The molecule has 0 radical (unpaired) electrons. The van der Waals surface area contributed by atoms with E-state index in [9.17, 15) is 8.78 Å². The van der Waals surface area contributed by atoms with Gasteiger partial charge in [0, 0.05) is 18.7 Å². The lowest BCUT2D eigenvalue weighted by molar-refractivity contribution is 0.252. The van der Waals surface area contributed by atoms with E-state index in [0.717, 1.165) is 24.7 Å². The first kappa shape index (κ1) is 15.7. The predicted octanol–water partition coefficient (Wildman–Crippen LogP) is 2.57. The summed E-state index contributed by atoms with van der Waals surface area (Å²) in [4.78, 5) is 6.44. The maximum Gasteiger partial charge on any atom is 0.193 e. The van der Waals surface area contributed by atoms with Crippen molar-refractivity contribution < 1.29 is 8.78 Å². The third-order valence-electron chi connectivity index (χ3n) is 3.87. The third-order valence-corrected chi connectivity index (χ3v) is 3.87. The summed E-state index contributed by atoms with van der Waals surface area (Å²) in [5, 5.41) is 2.59. The number of hydrogen-bond acceptors (Lipinski definition) is 2. The summed E-state index contributed by atoms with van der Waals surface area (Å²) in [6, 6.07) is 3.81. The Balaban J connectivity index is 1.82. The van der Waals surface area contributed by atoms with Crippen LogP contribution in [0.2, 0.25) is 0 Å². The zero-order valence-corrected chi connectivity index (χ0v) is 12.3. The highest BCUT2D eigenvalue weighted by atomic mass is 19.1. The molecule has 21 heavy (non-hydrogen) atoms. The summed E-state index contributed by atoms with van der Waals surface area (Å²) in [5.41, 5.74) is 5.70. The summed E-state index contributed by atoms with van der Waals surface area (Å²) < 4.78 is 26.5. The summed E-state index contributed by atoms with van der Waals surface area (Å²) in [6.45, 7) is 1.33. The van der Waals surface area contributed by atoms with Crippen LogP contribution in [0, 0.1) is 11.6 Å². The molecule has 0 aromatic heterocycles. The van der Waals surface area contributed by atoms with Gasteiger partial charge in [0.15, 0.2) is 5.96 Å². The molecule has 1 aliphatic rings. The minimum absolute atomic E-state index is 0.000368. The topological polar surface area (TPSA) is 53.6 Å². The number of nitrogens with zero attached hydrogens (tertiary/aromatic N) is 2. The van der Waals surface area contributed by atoms with Crippen molar-refractivity contribution in [2.75, 3.05) is 25.5 Å². The van der Waals surface area contributed by atoms with E-state index in [1.54, 1.807) is 0 Å². The Kier molecular flexibility index (Phi) is 5.50. The van der Waals surface area contributed by atoms with E-state index < -0.39 is 11.6 Å². The highest BCUT2D eigenvalue weighted by Gasteiger charge is 2.18. The summed E-state index contributed by atoms with van der Waals surface area (Å²) >= 11 is 0. The van der Waals surface area contributed by atoms with Crippen LogP contribution < -0.4 is 11.1 Å². The zero-order valence-electron chi connectivity index (χ0n) is 12.3. The molecule has 0 unspecified atom stereocenters. The van der Waals surface area contributed by atoms with Crippen LogP contribution in [-0.4, -0.2) is 37.0 Å². The van der Waals surface area contributed by atoms with E-state index in [-0.39, 0.29) is 11.6 Å². The van der Waals surface area contributed by atoms with Crippen molar-refractivity contribution in [1.82, 2.24) is 4.90 Å². The monoisotopic (exact) mass is 296 g/mol. The molecule has 0 spiro atoms. The Labute approximate surface area is 124 Å². The molecule has 1 fully saturated rings. The van der Waals surface area contributed by atoms with Crippen molar-refractivity contribution >= 4 is 11.6 Å². The average Bonchev–Trinajstić information content (AvgIpc) is 2.97. The Morgan fingerprint density at radius 1 is 1.38 bits per heavy atom. The van der Waals surface area contributed by atoms with Gasteiger partial charge >= 0.3 is 0 Å². The van der Waals surface area contributed by atoms with Crippen LogP contribution in [0.15, 0.2) is 23.2 Å². The van der Waals surface area contributed by atoms with Crippen LogP contribution in [0.3, 0.4) is 0 Å². The highest BCUT2D eigenvalue weighted by Crippen LogP contribution is 2.21. The maximum atomic E-state index is 13.4. The Morgan fingerprint density at radius 3 is 2.81 bits per heavy atom. The largest absolute Gasteiger partial charge is 0.370 e. The van der Waals surface area contributed by atoms with E-state index in [2.05, 4.69) is 22.3 Å². The summed E-state index contributed by atoms with van der Waals surface area (Å²) in [7, 11) is 2.08. The summed E-state index contributed by atoms with van der Waals surface area (Å²) in [5.74, 6) is -0.982. The number of nitrogens with one attached hydrogen (secondary N) is 1.